The van der Waals surface area contributed by atoms with Crippen LogP contribution in [-0.4, -0.2) is 19.2 Å². The molecule has 0 atom stereocenters. The second-order valence-corrected chi connectivity index (χ2v) is 5.44. The van der Waals surface area contributed by atoms with Crippen LogP contribution in [0.3, 0.4) is 0 Å². The molecule has 20 heavy (non-hydrogen) atoms. The van der Waals surface area contributed by atoms with Crippen molar-refractivity contribution in [1.82, 2.24) is 0 Å². The summed E-state index contributed by atoms with van der Waals surface area (Å²) in [6.45, 7) is 0. The van der Waals surface area contributed by atoms with Crippen molar-refractivity contribution in [1.29, 1.82) is 0 Å². The van der Waals surface area contributed by atoms with E-state index in [9.17, 15) is 8.42 Å². The van der Waals surface area contributed by atoms with Crippen LogP contribution in [0.25, 0.3) is 6.08 Å². The Bertz CT molecular complexity index is 717. The third-order valence-corrected chi connectivity index (χ3v) is 3.40. The number of allylic oxidation sites excluding steroid dienone is 1. The summed E-state index contributed by atoms with van der Waals surface area (Å²) in [6, 6.07) is 15.5. The Kier molecular flexibility index (Phi) is 4.45. The Labute approximate surface area is 117 Å². The molecule has 0 bridgehead atoms. The zero-order chi connectivity index (χ0) is 14.4. The number of rotatable bonds is 4. The Morgan fingerprint density at radius 1 is 0.950 bits per heavy atom. The third kappa shape index (κ3) is 4.15. The van der Waals surface area contributed by atoms with Crippen molar-refractivity contribution in [3.05, 3.63) is 66.2 Å². The van der Waals surface area contributed by atoms with Gasteiger partial charge in [-0.2, -0.15) is 8.42 Å². The van der Waals surface area contributed by atoms with E-state index in [2.05, 4.69) is 4.99 Å². The van der Waals surface area contributed by atoms with Crippen LogP contribution in [0, 0.1) is 0 Å². The molecule has 0 saturated carbocycles. The molecule has 0 unspecified atom stereocenters. The fourth-order valence-corrected chi connectivity index (χ4v) is 2.03. The van der Waals surface area contributed by atoms with Crippen molar-refractivity contribution in [2.45, 2.75) is 4.90 Å². The van der Waals surface area contributed by atoms with Crippen LogP contribution in [0.15, 0.2) is 70.6 Å². The van der Waals surface area contributed by atoms with E-state index >= 15 is 0 Å². The van der Waals surface area contributed by atoms with E-state index in [1.54, 1.807) is 12.3 Å². The molecule has 0 aliphatic heterocycles. The SMILES string of the molecule is O=S(=O)(O)c1ccc(N=C/C=C/c2ccccc2)cc1. The minimum atomic E-state index is -4.15. The van der Waals surface area contributed by atoms with Gasteiger partial charge in [-0.1, -0.05) is 36.4 Å². The highest BCUT2D eigenvalue weighted by Gasteiger charge is 2.07. The number of aliphatic imine (C=N–C) groups is 1. The molecule has 1 N–H and O–H groups in total. The van der Waals surface area contributed by atoms with E-state index in [1.807, 2.05) is 36.4 Å². The van der Waals surface area contributed by atoms with Crippen molar-refractivity contribution < 1.29 is 13.0 Å². The maximum absolute atomic E-state index is 10.9. The quantitative estimate of drug-likeness (QED) is 0.692. The van der Waals surface area contributed by atoms with Gasteiger partial charge in [-0.25, -0.2) is 0 Å². The van der Waals surface area contributed by atoms with Gasteiger partial charge < -0.3 is 0 Å². The van der Waals surface area contributed by atoms with Crippen molar-refractivity contribution >= 4 is 28.1 Å². The van der Waals surface area contributed by atoms with E-state index in [0.29, 0.717) is 5.69 Å². The molecule has 0 spiro atoms. The first-order valence-electron chi connectivity index (χ1n) is 5.89. The zero-order valence-corrected chi connectivity index (χ0v) is 11.4. The molecule has 2 rings (SSSR count). The first-order chi connectivity index (χ1) is 9.55. The van der Waals surface area contributed by atoms with E-state index in [-0.39, 0.29) is 4.90 Å². The highest BCUT2D eigenvalue weighted by molar-refractivity contribution is 7.85. The molecule has 0 radical (unpaired) electrons. The Morgan fingerprint density at radius 2 is 1.60 bits per heavy atom. The maximum Gasteiger partial charge on any atom is 0.294 e. The maximum atomic E-state index is 10.9. The van der Waals surface area contributed by atoms with Gasteiger partial charge in [-0.05, 0) is 35.9 Å². The highest BCUT2D eigenvalue weighted by atomic mass is 32.2. The minimum Gasteiger partial charge on any atom is -0.282 e. The van der Waals surface area contributed by atoms with Crippen LogP contribution in [0.2, 0.25) is 0 Å². The molecule has 2 aromatic carbocycles. The Balaban J connectivity index is 2.04. The first-order valence-corrected chi connectivity index (χ1v) is 7.33. The van der Waals surface area contributed by atoms with Crippen molar-refractivity contribution in [2.75, 3.05) is 0 Å². The molecule has 0 fully saturated rings. The predicted octanol–water partition coefficient (Wildman–Crippen LogP) is 3.35. The molecule has 0 amide bonds. The number of benzene rings is 2. The van der Waals surface area contributed by atoms with Crippen LogP contribution in [0.1, 0.15) is 5.56 Å². The first kappa shape index (κ1) is 14.2. The van der Waals surface area contributed by atoms with Crippen LogP contribution in [0.5, 0.6) is 0 Å². The molecule has 0 aliphatic rings. The average molecular weight is 287 g/mol. The average Bonchev–Trinajstić information content (AvgIpc) is 2.44. The molecule has 5 heteroatoms. The Morgan fingerprint density at radius 3 is 2.20 bits per heavy atom. The monoisotopic (exact) mass is 287 g/mol. The lowest BCUT2D eigenvalue weighted by molar-refractivity contribution is 0.483. The normalized spacial score (nSPS) is 12.2. The van der Waals surface area contributed by atoms with Gasteiger partial charge in [0.25, 0.3) is 10.1 Å². The van der Waals surface area contributed by atoms with Crippen molar-refractivity contribution in [2.24, 2.45) is 4.99 Å². The van der Waals surface area contributed by atoms with Crippen molar-refractivity contribution in [3.8, 4) is 0 Å². The standard InChI is InChI=1S/C15H13NO3S/c17-20(18,19)15-10-8-14(9-11-15)16-12-4-7-13-5-2-1-3-6-13/h1-12H,(H,17,18,19)/b7-4+,16-12?. The lowest BCUT2D eigenvalue weighted by atomic mass is 10.2. The zero-order valence-electron chi connectivity index (χ0n) is 10.5. The molecule has 4 nitrogen and oxygen atoms in total. The van der Waals surface area contributed by atoms with Crippen LogP contribution < -0.4 is 0 Å². The molecule has 0 aromatic heterocycles. The summed E-state index contributed by atoms with van der Waals surface area (Å²) >= 11 is 0. The van der Waals surface area contributed by atoms with Gasteiger partial charge in [0.2, 0.25) is 0 Å². The molecular weight excluding hydrogens is 274 g/mol. The van der Waals surface area contributed by atoms with Gasteiger partial charge in [0.05, 0.1) is 10.6 Å². The number of hydrogen-bond donors (Lipinski definition) is 1. The van der Waals surface area contributed by atoms with Gasteiger partial charge in [0.1, 0.15) is 0 Å². The molecule has 2 aromatic rings. The fourth-order valence-electron chi connectivity index (χ4n) is 1.55. The van der Waals surface area contributed by atoms with Crippen molar-refractivity contribution in [3.63, 3.8) is 0 Å². The smallest absolute Gasteiger partial charge is 0.282 e. The predicted molar refractivity (Wildman–Crippen MR) is 79.9 cm³/mol. The summed E-state index contributed by atoms with van der Waals surface area (Å²) in [4.78, 5) is 4.01. The summed E-state index contributed by atoms with van der Waals surface area (Å²) in [5.74, 6) is 0. The van der Waals surface area contributed by atoms with E-state index in [1.165, 1.54) is 24.3 Å². The van der Waals surface area contributed by atoms with E-state index in [4.69, 9.17) is 4.55 Å². The summed E-state index contributed by atoms with van der Waals surface area (Å²) < 4.78 is 30.6. The van der Waals surface area contributed by atoms with Gasteiger partial charge >= 0.3 is 0 Å². The summed E-state index contributed by atoms with van der Waals surface area (Å²) in [7, 11) is -4.15. The summed E-state index contributed by atoms with van der Waals surface area (Å²) in [6.07, 6.45) is 5.33. The number of hydrogen-bond acceptors (Lipinski definition) is 3. The Hall–Kier alpha value is -2.24. The topological polar surface area (TPSA) is 66.7 Å². The van der Waals surface area contributed by atoms with Gasteiger partial charge in [-0.15, -0.1) is 0 Å². The lowest BCUT2D eigenvalue weighted by Crippen LogP contribution is -1.96. The van der Waals surface area contributed by atoms with Crippen LogP contribution >= 0.6 is 0 Å². The van der Waals surface area contributed by atoms with Gasteiger partial charge in [0, 0.05) is 6.21 Å². The highest BCUT2D eigenvalue weighted by Crippen LogP contribution is 2.15. The van der Waals surface area contributed by atoms with E-state index in [0.717, 1.165) is 5.56 Å². The molecule has 0 saturated heterocycles. The minimum absolute atomic E-state index is 0.142. The summed E-state index contributed by atoms with van der Waals surface area (Å²) in [5, 5.41) is 0. The molecule has 0 heterocycles. The van der Waals surface area contributed by atoms with Gasteiger partial charge in [-0.3, -0.25) is 9.55 Å². The van der Waals surface area contributed by atoms with Crippen LogP contribution in [-0.2, 0) is 10.1 Å². The second kappa shape index (κ2) is 6.27. The fraction of sp³-hybridized carbons (Fsp3) is 0. The molecular formula is C15H13NO3S. The van der Waals surface area contributed by atoms with Gasteiger partial charge in [0.15, 0.2) is 0 Å². The number of nitrogens with zero attached hydrogens (tertiary/aromatic N) is 1. The molecule has 0 aliphatic carbocycles. The largest absolute Gasteiger partial charge is 0.294 e. The lowest BCUT2D eigenvalue weighted by Gasteiger charge is -1.96. The van der Waals surface area contributed by atoms with Crippen LogP contribution in [0.4, 0.5) is 5.69 Å². The molecule has 102 valence electrons. The third-order valence-electron chi connectivity index (χ3n) is 2.53. The summed E-state index contributed by atoms with van der Waals surface area (Å²) in [5.41, 5.74) is 1.68. The second-order valence-electron chi connectivity index (χ2n) is 4.02. The van der Waals surface area contributed by atoms with E-state index < -0.39 is 10.1 Å².